The number of halogens is 1. The molecule has 2 rings (SSSR count). The smallest absolute Gasteiger partial charge is 0.248 e. The summed E-state index contributed by atoms with van der Waals surface area (Å²) in [6.45, 7) is 6.26. The van der Waals surface area contributed by atoms with Gasteiger partial charge in [-0.15, -0.1) is 0 Å². The highest BCUT2D eigenvalue weighted by molar-refractivity contribution is 6.31. The zero-order valence-electron chi connectivity index (χ0n) is 12.0. The Morgan fingerprint density at radius 2 is 2.05 bits per heavy atom. The van der Waals surface area contributed by atoms with E-state index in [1.807, 2.05) is 25.1 Å². The molecule has 1 aromatic rings. The van der Waals surface area contributed by atoms with Crippen LogP contribution in [0.5, 0.6) is 0 Å². The van der Waals surface area contributed by atoms with Crippen LogP contribution in [-0.2, 0) is 16.1 Å². The van der Waals surface area contributed by atoms with Crippen LogP contribution in [0, 0.1) is 6.92 Å². The number of carbonyl (C=O) groups is 2. The summed E-state index contributed by atoms with van der Waals surface area (Å²) in [7, 11) is 0. The molecule has 0 spiro atoms. The Bertz CT molecular complexity index is 555. The van der Waals surface area contributed by atoms with Crippen LogP contribution in [0.25, 0.3) is 0 Å². The fourth-order valence-corrected chi connectivity index (χ4v) is 2.63. The predicted molar refractivity (Wildman–Crippen MR) is 78.4 cm³/mol. The molecule has 1 N–H and O–H groups in total. The van der Waals surface area contributed by atoms with Crippen LogP contribution < -0.4 is 5.32 Å². The second kappa shape index (κ2) is 5.44. The van der Waals surface area contributed by atoms with Gasteiger partial charge in [0.15, 0.2) is 0 Å². The number of nitrogens with one attached hydrogen (secondary N) is 1. The fourth-order valence-electron chi connectivity index (χ4n) is 2.33. The highest BCUT2D eigenvalue weighted by atomic mass is 35.5. The van der Waals surface area contributed by atoms with Gasteiger partial charge in [0.1, 0.15) is 5.54 Å². The third-order valence-electron chi connectivity index (χ3n) is 3.45. The standard InChI is InChI=1S/C15H19ClN2O2/c1-10-4-5-11(12(16)8-10)9-18-7-6-13(19)17-15(2,3)14(18)20/h4-5,8H,6-7,9H2,1-3H3,(H,17,19). The molecule has 1 fully saturated rings. The average Bonchev–Trinajstić information content (AvgIpc) is 2.43. The molecule has 0 bridgehead atoms. The molecular weight excluding hydrogens is 276 g/mol. The zero-order valence-corrected chi connectivity index (χ0v) is 12.8. The molecule has 1 aliphatic heterocycles. The quantitative estimate of drug-likeness (QED) is 0.910. The van der Waals surface area contributed by atoms with Crippen molar-refractivity contribution >= 4 is 23.4 Å². The van der Waals surface area contributed by atoms with E-state index in [4.69, 9.17) is 11.6 Å². The Hall–Kier alpha value is -1.55. The number of benzene rings is 1. The lowest BCUT2D eigenvalue weighted by molar-refractivity contribution is -0.137. The maximum atomic E-state index is 12.5. The van der Waals surface area contributed by atoms with Crippen molar-refractivity contribution in [2.45, 2.75) is 39.3 Å². The average molecular weight is 295 g/mol. The Morgan fingerprint density at radius 1 is 1.35 bits per heavy atom. The second-order valence-corrected chi connectivity index (χ2v) is 6.15. The zero-order chi connectivity index (χ0) is 14.9. The van der Waals surface area contributed by atoms with Gasteiger partial charge in [-0.05, 0) is 38.0 Å². The first-order valence-electron chi connectivity index (χ1n) is 6.65. The van der Waals surface area contributed by atoms with Crippen molar-refractivity contribution < 1.29 is 9.59 Å². The van der Waals surface area contributed by atoms with Gasteiger partial charge in [0.2, 0.25) is 11.8 Å². The number of carbonyl (C=O) groups excluding carboxylic acids is 2. The molecule has 0 aliphatic carbocycles. The first-order chi connectivity index (χ1) is 9.29. The van der Waals surface area contributed by atoms with Crippen molar-refractivity contribution in [3.63, 3.8) is 0 Å². The number of nitrogens with zero attached hydrogens (tertiary/aromatic N) is 1. The molecule has 0 aromatic heterocycles. The van der Waals surface area contributed by atoms with Crippen LogP contribution in [0.2, 0.25) is 5.02 Å². The number of aryl methyl sites for hydroxylation is 1. The summed E-state index contributed by atoms with van der Waals surface area (Å²) in [6, 6.07) is 5.78. The summed E-state index contributed by atoms with van der Waals surface area (Å²) >= 11 is 6.22. The van der Waals surface area contributed by atoms with E-state index in [1.165, 1.54) is 0 Å². The Labute approximate surface area is 124 Å². The van der Waals surface area contributed by atoms with Crippen molar-refractivity contribution in [3.05, 3.63) is 34.3 Å². The molecule has 108 valence electrons. The van der Waals surface area contributed by atoms with E-state index in [9.17, 15) is 9.59 Å². The van der Waals surface area contributed by atoms with Crippen LogP contribution >= 0.6 is 11.6 Å². The third-order valence-corrected chi connectivity index (χ3v) is 3.80. The van der Waals surface area contributed by atoms with Gasteiger partial charge in [0.05, 0.1) is 0 Å². The van der Waals surface area contributed by atoms with E-state index in [-0.39, 0.29) is 11.8 Å². The lowest BCUT2D eigenvalue weighted by atomic mass is 10.0. The molecule has 0 atom stereocenters. The van der Waals surface area contributed by atoms with Gasteiger partial charge in [-0.3, -0.25) is 9.59 Å². The van der Waals surface area contributed by atoms with E-state index in [0.29, 0.717) is 24.5 Å². The van der Waals surface area contributed by atoms with Crippen LogP contribution in [0.3, 0.4) is 0 Å². The van der Waals surface area contributed by atoms with Gasteiger partial charge in [-0.2, -0.15) is 0 Å². The molecule has 0 unspecified atom stereocenters. The normalized spacial score (nSPS) is 18.7. The second-order valence-electron chi connectivity index (χ2n) is 5.74. The van der Waals surface area contributed by atoms with Gasteiger partial charge in [-0.1, -0.05) is 23.7 Å². The van der Waals surface area contributed by atoms with E-state index in [1.54, 1.807) is 18.7 Å². The monoisotopic (exact) mass is 294 g/mol. The molecule has 5 heteroatoms. The summed E-state index contributed by atoms with van der Waals surface area (Å²) in [5.41, 5.74) is 1.11. The summed E-state index contributed by atoms with van der Waals surface area (Å²) in [5, 5.41) is 3.40. The van der Waals surface area contributed by atoms with Gasteiger partial charge in [0.25, 0.3) is 0 Å². The summed E-state index contributed by atoms with van der Waals surface area (Å²) < 4.78 is 0. The highest BCUT2D eigenvalue weighted by Gasteiger charge is 2.36. The molecular formula is C15H19ClN2O2. The largest absolute Gasteiger partial charge is 0.342 e. The van der Waals surface area contributed by atoms with Crippen molar-refractivity contribution in [1.29, 1.82) is 0 Å². The van der Waals surface area contributed by atoms with E-state index < -0.39 is 5.54 Å². The molecule has 1 saturated heterocycles. The van der Waals surface area contributed by atoms with Crippen LogP contribution in [-0.4, -0.2) is 28.8 Å². The van der Waals surface area contributed by atoms with Crippen molar-refractivity contribution in [2.24, 2.45) is 0 Å². The highest BCUT2D eigenvalue weighted by Crippen LogP contribution is 2.22. The van der Waals surface area contributed by atoms with Gasteiger partial charge < -0.3 is 10.2 Å². The number of hydrogen-bond acceptors (Lipinski definition) is 2. The SMILES string of the molecule is Cc1ccc(CN2CCC(=O)NC(C)(C)C2=O)c(Cl)c1. The first-order valence-corrected chi connectivity index (χ1v) is 7.03. The van der Waals surface area contributed by atoms with Crippen molar-refractivity contribution in [2.75, 3.05) is 6.54 Å². The minimum atomic E-state index is -0.870. The van der Waals surface area contributed by atoms with Crippen molar-refractivity contribution in [3.8, 4) is 0 Å². The molecule has 0 radical (unpaired) electrons. The van der Waals surface area contributed by atoms with Crippen LogP contribution in [0.1, 0.15) is 31.4 Å². The Kier molecular flexibility index (Phi) is 4.04. The number of rotatable bonds is 2. The minimum absolute atomic E-state index is 0.0833. The van der Waals surface area contributed by atoms with E-state index >= 15 is 0 Å². The molecule has 4 nitrogen and oxygen atoms in total. The minimum Gasteiger partial charge on any atom is -0.342 e. The molecule has 20 heavy (non-hydrogen) atoms. The maximum absolute atomic E-state index is 12.5. The number of hydrogen-bond donors (Lipinski definition) is 1. The Balaban J connectivity index is 2.23. The first kappa shape index (κ1) is 14.9. The summed E-state index contributed by atoms with van der Waals surface area (Å²) in [4.78, 5) is 25.8. The molecule has 1 aliphatic rings. The summed E-state index contributed by atoms with van der Waals surface area (Å²) in [6.07, 6.45) is 0.318. The van der Waals surface area contributed by atoms with Crippen LogP contribution in [0.15, 0.2) is 18.2 Å². The lowest BCUT2D eigenvalue weighted by Crippen LogP contribution is -2.52. The van der Waals surface area contributed by atoms with Gasteiger partial charge >= 0.3 is 0 Å². The lowest BCUT2D eigenvalue weighted by Gasteiger charge is -2.29. The molecule has 0 saturated carbocycles. The maximum Gasteiger partial charge on any atom is 0.248 e. The molecule has 2 amide bonds. The van der Waals surface area contributed by atoms with Crippen molar-refractivity contribution in [1.82, 2.24) is 10.2 Å². The van der Waals surface area contributed by atoms with Gasteiger partial charge in [-0.25, -0.2) is 0 Å². The third kappa shape index (κ3) is 3.12. The van der Waals surface area contributed by atoms with E-state index in [2.05, 4.69) is 5.32 Å². The predicted octanol–water partition coefficient (Wildman–Crippen LogP) is 2.28. The fraction of sp³-hybridized carbons (Fsp3) is 0.467. The topological polar surface area (TPSA) is 49.4 Å². The summed E-state index contributed by atoms with van der Waals surface area (Å²) in [5.74, 6) is -0.180. The Morgan fingerprint density at radius 3 is 2.70 bits per heavy atom. The van der Waals surface area contributed by atoms with E-state index in [0.717, 1.165) is 11.1 Å². The van der Waals surface area contributed by atoms with Gasteiger partial charge in [0, 0.05) is 24.5 Å². The number of amides is 2. The molecule has 1 heterocycles. The molecule has 1 aromatic carbocycles. The van der Waals surface area contributed by atoms with Crippen LogP contribution in [0.4, 0.5) is 0 Å².